The van der Waals surface area contributed by atoms with Gasteiger partial charge in [-0.3, -0.25) is 9.58 Å². The van der Waals surface area contributed by atoms with Crippen LogP contribution in [-0.2, 0) is 34.1 Å². The lowest BCUT2D eigenvalue weighted by Gasteiger charge is -2.34. The van der Waals surface area contributed by atoms with E-state index < -0.39 is 15.8 Å². The van der Waals surface area contributed by atoms with E-state index in [0.29, 0.717) is 35.0 Å². The number of ether oxygens (including phenoxy) is 2. The largest absolute Gasteiger partial charge is 0.481 e. The van der Waals surface area contributed by atoms with Crippen molar-refractivity contribution < 1.29 is 22.3 Å². The van der Waals surface area contributed by atoms with Crippen LogP contribution in [0, 0.1) is 0 Å². The summed E-state index contributed by atoms with van der Waals surface area (Å²) in [4.78, 5) is 6.54. The first kappa shape index (κ1) is 25.3. The third-order valence-corrected chi connectivity index (χ3v) is 6.94. The number of pyridine rings is 1. The Hall–Kier alpha value is -3.39. The molecule has 0 aliphatic carbocycles. The lowest BCUT2D eigenvalue weighted by atomic mass is 10.0. The van der Waals surface area contributed by atoms with E-state index in [1.165, 1.54) is 7.11 Å². The van der Waals surface area contributed by atoms with Gasteiger partial charge in [0.2, 0.25) is 27.7 Å². The second kappa shape index (κ2) is 9.82. The summed E-state index contributed by atoms with van der Waals surface area (Å²) in [7, 11) is -0.516. The molecule has 1 aliphatic heterocycles. The fourth-order valence-corrected chi connectivity index (χ4v) is 5.42. The number of primary sulfonamides is 1. The molecule has 0 amide bonds. The van der Waals surface area contributed by atoms with E-state index in [-0.39, 0.29) is 18.1 Å². The number of fused-ring (bicyclic) bond motifs is 1. The monoisotopic (exact) mass is 527 g/mol. The number of hydrogen-bond donors (Lipinski definition) is 1. The highest BCUT2D eigenvalue weighted by molar-refractivity contribution is 7.88. The molecule has 0 unspecified atom stereocenters. The average Bonchev–Trinajstić information content (AvgIpc) is 3.43. The number of aryl methyl sites for hydroxylation is 1. The van der Waals surface area contributed by atoms with Crippen molar-refractivity contribution in [3.8, 4) is 28.5 Å². The highest BCUT2D eigenvalue weighted by Gasteiger charge is 2.24. The van der Waals surface area contributed by atoms with Crippen molar-refractivity contribution in [3.63, 3.8) is 0 Å². The zero-order valence-electron chi connectivity index (χ0n) is 21.1. The number of nitrogens with two attached hydrogens (primary N) is 1. The Morgan fingerprint density at radius 3 is 2.57 bits per heavy atom. The molecule has 13 heteroatoms. The standard InChI is InChI=1S/C24H29N7O5S/c1-14-10-31(11-15(2)35-14)12-22-28-29-24(36-22)19-6-16(7-21-20(19)9-27-30(21)3)17-5-18(13-37(25,32)33)23(34-4)26-8-17/h5-9,14-15H,10-13H2,1-4H3,(H2,25,32,33)/t14-,15+. The Kier molecular flexibility index (Phi) is 6.70. The SMILES string of the molecule is COc1ncc(-c2cc(-c3nnc(CN4C[C@@H](C)O[C@@H](C)C4)o3)c3cnn(C)c3c2)cc1CS(N)(=O)=O. The van der Waals surface area contributed by atoms with Crippen LogP contribution in [0.3, 0.4) is 0 Å². The molecule has 1 fully saturated rings. The summed E-state index contributed by atoms with van der Waals surface area (Å²) in [5.74, 6) is 0.688. The van der Waals surface area contributed by atoms with Gasteiger partial charge in [0.15, 0.2) is 0 Å². The summed E-state index contributed by atoms with van der Waals surface area (Å²) in [6, 6.07) is 5.56. The van der Waals surface area contributed by atoms with E-state index in [4.69, 9.17) is 19.0 Å². The lowest BCUT2D eigenvalue weighted by Crippen LogP contribution is -2.44. The zero-order valence-corrected chi connectivity index (χ0v) is 21.9. The van der Waals surface area contributed by atoms with Gasteiger partial charge in [-0.1, -0.05) is 0 Å². The molecule has 0 bridgehead atoms. The van der Waals surface area contributed by atoms with Crippen molar-refractivity contribution in [1.29, 1.82) is 0 Å². The van der Waals surface area contributed by atoms with E-state index in [2.05, 4.69) is 39.0 Å². The molecular weight excluding hydrogens is 498 g/mol. The molecule has 4 heterocycles. The molecule has 0 spiro atoms. The first-order valence-corrected chi connectivity index (χ1v) is 13.5. The number of rotatable bonds is 7. The van der Waals surface area contributed by atoms with E-state index in [9.17, 15) is 8.42 Å². The van der Waals surface area contributed by atoms with Gasteiger partial charge in [0.05, 0.1) is 48.9 Å². The minimum Gasteiger partial charge on any atom is -0.481 e. The van der Waals surface area contributed by atoms with E-state index in [1.54, 1.807) is 23.1 Å². The molecule has 4 aromatic rings. The third-order valence-electron chi connectivity index (χ3n) is 6.23. The Bertz CT molecular complexity index is 1540. The molecule has 0 saturated carbocycles. The molecule has 2 atom stereocenters. The average molecular weight is 528 g/mol. The Balaban J connectivity index is 1.53. The first-order valence-electron chi connectivity index (χ1n) is 11.8. The van der Waals surface area contributed by atoms with Gasteiger partial charge < -0.3 is 13.9 Å². The normalized spacial score (nSPS) is 18.9. The van der Waals surface area contributed by atoms with Crippen molar-refractivity contribution in [1.82, 2.24) is 29.9 Å². The fourth-order valence-electron chi connectivity index (χ4n) is 4.78. The predicted molar refractivity (Wildman–Crippen MR) is 136 cm³/mol. The Morgan fingerprint density at radius 1 is 1.11 bits per heavy atom. The Morgan fingerprint density at radius 2 is 1.86 bits per heavy atom. The van der Waals surface area contributed by atoms with Crippen LogP contribution in [0.5, 0.6) is 5.88 Å². The third kappa shape index (κ3) is 5.49. The number of benzene rings is 1. The molecule has 0 radical (unpaired) electrons. The van der Waals surface area contributed by atoms with Crippen molar-refractivity contribution in [2.24, 2.45) is 12.2 Å². The summed E-state index contributed by atoms with van der Waals surface area (Å²) < 4.78 is 42.4. The van der Waals surface area contributed by atoms with Gasteiger partial charge >= 0.3 is 0 Å². The Labute approximate surface area is 214 Å². The van der Waals surface area contributed by atoms with Crippen molar-refractivity contribution in [3.05, 3.63) is 42.0 Å². The van der Waals surface area contributed by atoms with Crippen LogP contribution in [-0.4, -0.2) is 70.7 Å². The highest BCUT2D eigenvalue weighted by Crippen LogP contribution is 2.34. The number of aromatic nitrogens is 5. The molecule has 1 aromatic carbocycles. The maximum Gasteiger partial charge on any atom is 0.248 e. The molecule has 1 aliphatic rings. The smallest absolute Gasteiger partial charge is 0.248 e. The fraction of sp³-hybridized carbons (Fsp3) is 0.417. The molecule has 2 N–H and O–H groups in total. The number of methoxy groups -OCH3 is 1. The highest BCUT2D eigenvalue weighted by atomic mass is 32.2. The molecule has 3 aromatic heterocycles. The summed E-state index contributed by atoms with van der Waals surface area (Å²) in [5.41, 5.74) is 3.37. The molecular formula is C24H29N7O5S. The van der Waals surface area contributed by atoms with Gasteiger partial charge in [0, 0.05) is 42.8 Å². The van der Waals surface area contributed by atoms with Gasteiger partial charge in [-0.15, -0.1) is 10.2 Å². The van der Waals surface area contributed by atoms with Gasteiger partial charge in [0.1, 0.15) is 0 Å². The minimum absolute atomic E-state index is 0.134. The molecule has 5 rings (SSSR count). The molecule has 12 nitrogen and oxygen atoms in total. The second-order valence-electron chi connectivity index (χ2n) is 9.38. The topological polar surface area (TPSA) is 151 Å². The second-order valence-corrected chi connectivity index (χ2v) is 11.0. The van der Waals surface area contributed by atoms with Crippen molar-refractivity contribution in [2.75, 3.05) is 20.2 Å². The summed E-state index contributed by atoms with van der Waals surface area (Å²) >= 11 is 0. The van der Waals surface area contributed by atoms with E-state index in [0.717, 1.165) is 29.6 Å². The minimum atomic E-state index is -3.79. The van der Waals surface area contributed by atoms with Crippen molar-refractivity contribution in [2.45, 2.75) is 38.4 Å². The molecule has 1 saturated heterocycles. The van der Waals surface area contributed by atoms with Gasteiger partial charge in [0.25, 0.3) is 0 Å². The van der Waals surface area contributed by atoms with Gasteiger partial charge in [-0.2, -0.15) is 5.10 Å². The van der Waals surface area contributed by atoms with E-state index >= 15 is 0 Å². The van der Waals surface area contributed by atoms with Crippen molar-refractivity contribution >= 4 is 20.9 Å². The quantitative estimate of drug-likeness (QED) is 0.378. The van der Waals surface area contributed by atoms with Gasteiger partial charge in [-0.05, 0) is 37.6 Å². The maximum atomic E-state index is 11.8. The first-order chi connectivity index (χ1) is 17.6. The summed E-state index contributed by atoms with van der Waals surface area (Å²) in [6.45, 7) is 6.20. The number of nitrogens with zero attached hydrogens (tertiary/aromatic N) is 6. The van der Waals surface area contributed by atoms with E-state index in [1.807, 2.05) is 19.2 Å². The number of hydrogen-bond acceptors (Lipinski definition) is 10. The molecule has 37 heavy (non-hydrogen) atoms. The summed E-state index contributed by atoms with van der Waals surface area (Å²) in [6.07, 6.45) is 3.64. The van der Waals surface area contributed by atoms with Crippen LogP contribution < -0.4 is 9.88 Å². The van der Waals surface area contributed by atoms with Crippen LogP contribution >= 0.6 is 0 Å². The van der Waals surface area contributed by atoms with Crippen LogP contribution in [0.4, 0.5) is 0 Å². The number of morpholine rings is 1. The van der Waals surface area contributed by atoms with Crippen LogP contribution in [0.25, 0.3) is 33.5 Å². The maximum absolute atomic E-state index is 11.8. The van der Waals surface area contributed by atoms with Crippen LogP contribution in [0.2, 0.25) is 0 Å². The predicted octanol–water partition coefficient (Wildman–Crippen LogP) is 2.09. The summed E-state index contributed by atoms with van der Waals surface area (Å²) in [5, 5.41) is 19.2. The lowest BCUT2D eigenvalue weighted by molar-refractivity contribution is -0.0721. The van der Waals surface area contributed by atoms with Crippen LogP contribution in [0.15, 0.2) is 35.0 Å². The number of sulfonamides is 1. The molecule has 196 valence electrons. The van der Waals surface area contributed by atoms with Crippen LogP contribution in [0.1, 0.15) is 25.3 Å². The zero-order chi connectivity index (χ0) is 26.3. The van der Waals surface area contributed by atoms with Gasteiger partial charge in [-0.25, -0.2) is 18.5 Å².